The first-order valence-electron chi connectivity index (χ1n) is 22.3. The zero-order valence-electron chi connectivity index (χ0n) is 35.4. The largest absolute Gasteiger partial charge is 0.394 e. The molecule has 3 rings (SSSR count). The van der Waals surface area contributed by atoms with Gasteiger partial charge in [0.15, 0.2) is 18.9 Å². The third-order valence-corrected chi connectivity index (χ3v) is 11.7. The SMILES string of the molecule is CCCCCCCCCCCCC(=O)NC(COC1OC(CO)C(OC2OC(CO)C(OC3OC(CO)C(O)C(O)C3O)C(O)C2O)C(O)C1O)C(O)CCCCCCC. The molecule has 0 aromatic heterocycles. The summed E-state index contributed by atoms with van der Waals surface area (Å²) in [5.41, 5.74) is 0. The molecule has 0 bridgehead atoms. The van der Waals surface area contributed by atoms with Crippen LogP contribution in [-0.4, -0.2) is 193 Å². The molecule has 3 heterocycles. The highest BCUT2D eigenvalue weighted by Crippen LogP contribution is 2.33. The van der Waals surface area contributed by atoms with E-state index in [0.29, 0.717) is 12.8 Å². The highest BCUT2D eigenvalue weighted by atomic mass is 16.8. The van der Waals surface area contributed by atoms with Crippen LogP contribution in [0.4, 0.5) is 0 Å². The lowest BCUT2D eigenvalue weighted by Crippen LogP contribution is -2.66. The summed E-state index contributed by atoms with van der Waals surface area (Å²) in [6, 6.07) is -0.873. The van der Waals surface area contributed by atoms with Gasteiger partial charge in [-0.15, -0.1) is 0 Å². The third-order valence-electron chi connectivity index (χ3n) is 11.7. The minimum Gasteiger partial charge on any atom is -0.394 e. The van der Waals surface area contributed by atoms with Gasteiger partial charge in [0, 0.05) is 6.42 Å². The lowest BCUT2D eigenvalue weighted by Gasteiger charge is -2.48. The van der Waals surface area contributed by atoms with Crippen LogP contribution in [0.1, 0.15) is 123 Å². The van der Waals surface area contributed by atoms with E-state index in [4.69, 9.17) is 28.4 Å². The van der Waals surface area contributed by atoms with Gasteiger partial charge in [-0.1, -0.05) is 104 Å². The number of ether oxygens (including phenoxy) is 6. The molecular formula is C41H77NO18. The highest BCUT2D eigenvalue weighted by molar-refractivity contribution is 5.76. The van der Waals surface area contributed by atoms with Crippen LogP contribution in [0.15, 0.2) is 0 Å². The van der Waals surface area contributed by atoms with Gasteiger partial charge in [-0.25, -0.2) is 0 Å². The number of carbonyl (C=O) groups is 1. The number of hydrogen-bond donors (Lipinski definition) is 12. The second-order valence-corrected chi connectivity index (χ2v) is 16.5. The zero-order valence-corrected chi connectivity index (χ0v) is 35.4. The predicted octanol–water partition coefficient (Wildman–Crippen LogP) is -1.03. The minimum atomic E-state index is -1.96. The number of hydrogen-bond acceptors (Lipinski definition) is 18. The fourth-order valence-electron chi connectivity index (χ4n) is 7.84. The fraction of sp³-hybridized carbons (Fsp3) is 0.976. The van der Waals surface area contributed by atoms with Gasteiger partial charge in [0.05, 0.1) is 38.6 Å². The van der Waals surface area contributed by atoms with E-state index in [1.54, 1.807) is 0 Å². The molecule has 3 aliphatic rings. The Balaban J connectivity index is 1.58. The van der Waals surface area contributed by atoms with Crippen LogP contribution in [0, 0.1) is 0 Å². The maximum Gasteiger partial charge on any atom is 0.220 e. The number of aliphatic hydroxyl groups is 11. The van der Waals surface area contributed by atoms with Crippen LogP contribution < -0.4 is 5.32 Å². The monoisotopic (exact) mass is 872 g/mol. The van der Waals surface area contributed by atoms with Crippen molar-refractivity contribution in [3.63, 3.8) is 0 Å². The van der Waals surface area contributed by atoms with Gasteiger partial charge in [0.25, 0.3) is 0 Å². The van der Waals surface area contributed by atoms with Crippen molar-refractivity contribution in [1.82, 2.24) is 5.32 Å². The van der Waals surface area contributed by atoms with E-state index in [2.05, 4.69) is 19.2 Å². The van der Waals surface area contributed by atoms with Crippen molar-refractivity contribution >= 4 is 5.91 Å². The third kappa shape index (κ3) is 16.1. The average Bonchev–Trinajstić information content (AvgIpc) is 3.24. The summed E-state index contributed by atoms with van der Waals surface area (Å²) >= 11 is 0. The van der Waals surface area contributed by atoms with Gasteiger partial charge in [0.2, 0.25) is 5.91 Å². The molecule has 19 nitrogen and oxygen atoms in total. The van der Waals surface area contributed by atoms with Crippen molar-refractivity contribution < 1.29 is 89.4 Å². The number of amides is 1. The summed E-state index contributed by atoms with van der Waals surface area (Å²) in [5, 5.41) is 119. The zero-order chi connectivity index (χ0) is 44.2. The van der Waals surface area contributed by atoms with Crippen LogP contribution in [0.25, 0.3) is 0 Å². The van der Waals surface area contributed by atoms with Gasteiger partial charge in [-0.05, 0) is 12.8 Å². The Morgan fingerprint density at radius 3 is 1.45 bits per heavy atom. The molecule has 1 amide bonds. The summed E-state index contributed by atoms with van der Waals surface area (Å²) < 4.78 is 33.9. The Bertz CT molecular complexity index is 1140. The standard InChI is InChI=1S/C41H77NO18/c1-3-5-7-9-10-11-12-13-15-17-19-29(47)42-24(25(46)18-16-14-8-6-4-2)23-55-39-35(53)32(50)37(27(21-44)57-39)60-41-36(54)33(51)38(28(22-45)58-41)59-40-34(52)31(49)30(48)26(20-43)56-40/h24-28,30-41,43-46,48-54H,3-23H2,1-2H3,(H,42,47). The smallest absolute Gasteiger partial charge is 0.220 e. The average molecular weight is 872 g/mol. The second-order valence-electron chi connectivity index (χ2n) is 16.5. The van der Waals surface area contributed by atoms with E-state index in [0.717, 1.165) is 51.4 Å². The first kappa shape index (κ1) is 53.1. The van der Waals surface area contributed by atoms with E-state index in [1.165, 1.54) is 38.5 Å². The van der Waals surface area contributed by atoms with Crippen molar-refractivity contribution in [1.29, 1.82) is 0 Å². The number of carbonyl (C=O) groups excluding carboxylic acids is 1. The molecule has 354 valence electrons. The molecule has 0 saturated carbocycles. The lowest BCUT2D eigenvalue weighted by atomic mass is 9.96. The topological polar surface area (TPSA) is 307 Å². The molecule has 0 aliphatic carbocycles. The van der Waals surface area contributed by atoms with E-state index in [9.17, 15) is 61.0 Å². The molecule has 19 heteroatoms. The van der Waals surface area contributed by atoms with E-state index < -0.39 is 124 Å². The van der Waals surface area contributed by atoms with Gasteiger partial charge in [-0.3, -0.25) is 4.79 Å². The van der Waals surface area contributed by atoms with Crippen molar-refractivity contribution in [2.45, 2.75) is 227 Å². The van der Waals surface area contributed by atoms with E-state index in [1.807, 2.05) is 0 Å². The number of aliphatic hydroxyl groups excluding tert-OH is 11. The highest BCUT2D eigenvalue weighted by Gasteiger charge is 2.53. The molecule has 3 aliphatic heterocycles. The number of unbranched alkanes of at least 4 members (excludes halogenated alkanes) is 13. The Labute approximate surface area is 353 Å². The van der Waals surface area contributed by atoms with Crippen molar-refractivity contribution in [2.24, 2.45) is 0 Å². The summed E-state index contributed by atoms with van der Waals surface area (Å²) in [6.07, 6.45) is -9.79. The Kier molecular flexibility index (Phi) is 25.3. The molecule has 0 spiro atoms. The van der Waals surface area contributed by atoms with Gasteiger partial charge in [0.1, 0.15) is 73.2 Å². The van der Waals surface area contributed by atoms with Crippen molar-refractivity contribution in [3.8, 4) is 0 Å². The minimum absolute atomic E-state index is 0.254. The molecule has 0 radical (unpaired) electrons. The summed E-state index contributed by atoms with van der Waals surface area (Å²) in [5.74, 6) is -0.254. The number of nitrogens with one attached hydrogen (secondary N) is 1. The second kappa shape index (κ2) is 28.6. The van der Waals surface area contributed by atoms with Crippen molar-refractivity contribution in [3.05, 3.63) is 0 Å². The van der Waals surface area contributed by atoms with E-state index >= 15 is 0 Å². The number of rotatable bonds is 29. The fourth-order valence-corrected chi connectivity index (χ4v) is 7.84. The molecule has 17 atom stereocenters. The molecule has 0 aromatic rings. The molecule has 17 unspecified atom stereocenters. The normalized spacial score (nSPS) is 35.9. The van der Waals surface area contributed by atoms with Crippen LogP contribution in [0.5, 0.6) is 0 Å². The first-order chi connectivity index (χ1) is 28.8. The van der Waals surface area contributed by atoms with E-state index in [-0.39, 0.29) is 18.9 Å². The van der Waals surface area contributed by atoms with Crippen molar-refractivity contribution in [2.75, 3.05) is 26.4 Å². The predicted molar refractivity (Wildman–Crippen MR) is 213 cm³/mol. The Hall–Kier alpha value is -1.21. The lowest BCUT2D eigenvalue weighted by molar-refractivity contribution is -0.379. The molecule has 60 heavy (non-hydrogen) atoms. The molecular weight excluding hydrogens is 794 g/mol. The molecule has 3 saturated heterocycles. The van der Waals surface area contributed by atoms with Crippen LogP contribution in [0.3, 0.4) is 0 Å². The maximum atomic E-state index is 13.0. The maximum absolute atomic E-state index is 13.0. The van der Waals surface area contributed by atoms with Crippen LogP contribution >= 0.6 is 0 Å². The first-order valence-corrected chi connectivity index (χ1v) is 22.3. The van der Waals surface area contributed by atoms with Gasteiger partial charge in [-0.2, -0.15) is 0 Å². The Morgan fingerprint density at radius 1 is 0.533 bits per heavy atom. The molecule has 3 fully saturated rings. The molecule has 0 aromatic carbocycles. The summed E-state index contributed by atoms with van der Waals surface area (Å²) in [4.78, 5) is 13.0. The Morgan fingerprint density at radius 2 is 0.950 bits per heavy atom. The van der Waals surface area contributed by atoms with Gasteiger partial charge < -0.3 is 89.9 Å². The summed E-state index contributed by atoms with van der Waals surface area (Å²) in [6.45, 7) is 1.61. The van der Waals surface area contributed by atoms with Crippen LogP contribution in [0.2, 0.25) is 0 Å². The van der Waals surface area contributed by atoms with Gasteiger partial charge >= 0.3 is 0 Å². The molecule has 12 N–H and O–H groups in total. The summed E-state index contributed by atoms with van der Waals surface area (Å²) in [7, 11) is 0. The quantitative estimate of drug-likeness (QED) is 0.0400. The van der Waals surface area contributed by atoms with Crippen LogP contribution in [-0.2, 0) is 33.2 Å².